The van der Waals surface area contributed by atoms with Crippen LogP contribution in [0.1, 0.15) is 150 Å². The summed E-state index contributed by atoms with van der Waals surface area (Å²) in [6.45, 7) is 34.4. The zero-order valence-corrected chi connectivity index (χ0v) is 63.1. The van der Waals surface area contributed by atoms with E-state index >= 15 is 0 Å². The number of nitrogens with one attached hydrogen (secondary N) is 10. The van der Waals surface area contributed by atoms with Crippen molar-refractivity contribution in [2.75, 3.05) is 168 Å². The van der Waals surface area contributed by atoms with Gasteiger partial charge in [0.25, 0.3) is 17.7 Å². The molecule has 28 heteroatoms. The van der Waals surface area contributed by atoms with Crippen LogP contribution in [0.5, 0.6) is 0 Å². The number of aryl methyl sites for hydroxylation is 3. The summed E-state index contributed by atoms with van der Waals surface area (Å²) in [5.41, 5.74) is 10.0. The first kappa shape index (κ1) is 79.1. The Labute approximate surface area is 607 Å². The van der Waals surface area contributed by atoms with E-state index in [2.05, 4.69) is 156 Å². The Kier molecular flexibility index (Phi) is 27.5. The average molecular weight is 1400 g/mol. The topological polar surface area (TPSA) is 346 Å². The first-order chi connectivity index (χ1) is 48.2. The molecule has 3 amide bonds. The highest BCUT2D eigenvalue weighted by Crippen LogP contribution is 2.35. The van der Waals surface area contributed by atoms with Crippen LogP contribution in [-0.4, -0.2) is 186 Å². The quantitative estimate of drug-likeness (QED) is 0.0299. The Morgan fingerprint density at radius 2 is 0.990 bits per heavy atom. The van der Waals surface area contributed by atoms with Crippen LogP contribution in [0, 0.1) is 71.0 Å². The molecule has 6 heterocycles. The molecular weight excluding hydrogens is 1290 g/mol. The van der Waals surface area contributed by atoms with E-state index in [-0.39, 0.29) is 50.3 Å². The van der Waals surface area contributed by atoms with Crippen molar-refractivity contribution in [1.82, 2.24) is 61.6 Å². The van der Waals surface area contributed by atoms with Gasteiger partial charge in [-0.1, -0.05) is 80.5 Å². The van der Waals surface area contributed by atoms with Gasteiger partial charge in [0.2, 0.25) is 17.8 Å². The number of amides is 3. The fourth-order valence-electron chi connectivity index (χ4n) is 12.0. The number of nitrogens with zero attached hydrogens (tertiary/aromatic N) is 14. The summed E-state index contributed by atoms with van der Waals surface area (Å²) < 4.78 is 0. The average Bonchev–Trinajstić information content (AvgIpc) is 1.36. The first-order valence-electron chi connectivity index (χ1n) is 34.6. The number of anilines is 12. The summed E-state index contributed by atoms with van der Waals surface area (Å²) in [6.07, 6.45) is 2.90. The smallest absolute Gasteiger partial charge is 0.274 e. The molecule has 3 aliphatic heterocycles. The van der Waals surface area contributed by atoms with Gasteiger partial charge in [0.15, 0.2) is 34.9 Å². The number of likely N-dealkylation sites (N-methyl/N-ethyl adjacent to an activating group) is 1. The van der Waals surface area contributed by atoms with Gasteiger partial charge in [0.1, 0.15) is 34.9 Å². The Hall–Kier alpha value is -10.2. The van der Waals surface area contributed by atoms with Gasteiger partial charge >= 0.3 is 0 Å². The molecule has 552 valence electrons. The maximum Gasteiger partial charge on any atom is 0.274 e. The van der Waals surface area contributed by atoms with Gasteiger partial charge in [0.05, 0.1) is 7.11 Å². The van der Waals surface area contributed by atoms with Crippen LogP contribution in [0.25, 0.3) is 0 Å². The highest BCUT2D eigenvalue weighted by molar-refractivity contribution is 5.97. The van der Waals surface area contributed by atoms with E-state index in [1.54, 1.807) is 50.5 Å². The van der Waals surface area contributed by atoms with Gasteiger partial charge in [-0.05, 0) is 136 Å². The highest BCUT2D eigenvalue weighted by Gasteiger charge is 2.29. The third kappa shape index (κ3) is 22.4. The molecule has 2 atom stereocenters. The third-order valence-electron chi connectivity index (χ3n) is 16.9. The van der Waals surface area contributed by atoms with Gasteiger partial charge in [0, 0.05) is 138 Å². The lowest BCUT2D eigenvalue weighted by Gasteiger charge is -2.29. The van der Waals surface area contributed by atoms with Crippen LogP contribution in [-0.2, 0) is 4.84 Å². The lowest BCUT2D eigenvalue weighted by atomic mass is 9.96. The summed E-state index contributed by atoms with van der Waals surface area (Å²) in [4.78, 5) is 80.3. The molecule has 9 rings (SSSR count). The van der Waals surface area contributed by atoms with Crippen molar-refractivity contribution in [3.8, 4) is 18.2 Å². The van der Waals surface area contributed by atoms with Gasteiger partial charge in [-0.2, -0.15) is 45.7 Å². The predicted molar refractivity (Wildman–Crippen MR) is 414 cm³/mol. The van der Waals surface area contributed by atoms with Crippen LogP contribution in [0.15, 0.2) is 54.6 Å². The van der Waals surface area contributed by atoms with Crippen molar-refractivity contribution in [3.63, 3.8) is 0 Å². The van der Waals surface area contributed by atoms with Crippen LogP contribution in [0.3, 0.4) is 0 Å². The molecule has 10 N–H and O–H groups in total. The maximum absolute atomic E-state index is 12.3. The van der Waals surface area contributed by atoms with E-state index in [0.29, 0.717) is 104 Å². The van der Waals surface area contributed by atoms with Crippen LogP contribution in [0.4, 0.5) is 69.8 Å². The molecule has 102 heavy (non-hydrogen) atoms. The Bertz CT molecular complexity index is 4040. The van der Waals surface area contributed by atoms with E-state index in [1.165, 1.54) is 7.11 Å². The number of benzene rings is 3. The van der Waals surface area contributed by atoms with Crippen molar-refractivity contribution in [1.29, 1.82) is 15.8 Å². The number of carbonyl (C=O) groups is 3. The molecule has 0 bridgehead atoms. The second kappa shape index (κ2) is 35.4. The zero-order chi connectivity index (χ0) is 74.8. The van der Waals surface area contributed by atoms with Crippen LogP contribution < -0.4 is 72.9 Å². The molecule has 0 aliphatic carbocycles. The van der Waals surface area contributed by atoms with Crippen molar-refractivity contribution in [2.45, 2.75) is 114 Å². The molecule has 0 radical (unpaired) electrons. The van der Waals surface area contributed by atoms with Gasteiger partial charge in [-0.25, -0.2) is 5.48 Å². The number of rotatable bonds is 21. The summed E-state index contributed by atoms with van der Waals surface area (Å²) in [6, 6.07) is 23.5. The minimum Gasteiger partial charge on any atom is -0.365 e. The number of hydrogen-bond donors (Lipinski definition) is 10. The second-order valence-electron chi connectivity index (χ2n) is 29.9. The van der Waals surface area contributed by atoms with Crippen molar-refractivity contribution in [2.24, 2.45) is 16.2 Å². The lowest BCUT2D eigenvalue weighted by Crippen LogP contribution is -2.33. The predicted octanol–water partition coefficient (Wildman–Crippen LogP) is 10.1. The number of aromatic nitrogens is 6. The number of carbonyl (C=O) groups excluding carboxylic acids is 3. The molecular formula is C74H112N24O4. The monoisotopic (exact) mass is 1400 g/mol. The molecule has 0 saturated carbocycles. The molecule has 0 unspecified atom stereocenters. The maximum atomic E-state index is 12.3. The number of hydrogen-bond acceptors (Lipinski definition) is 25. The normalized spacial score (nSPS) is 15.3. The third-order valence-corrected chi connectivity index (χ3v) is 16.9. The summed E-state index contributed by atoms with van der Waals surface area (Å²) >= 11 is 0. The summed E-state index contributed by atoms with van der Waals surface area (Å²) in [5, 5.41) is 58.9. The van der Waals surface area contributed by atoms with Crippen LogP contribution >= 0.6 is 0 Å². The highest BCUT2D eigenvalue weighted by atomic mass is 16.6. The first-order valence-corrected chi connectivity index (χ1v) is 34.6. The Morgan fingerprint density at radius 3 is 1.43 bits per heavy atom. The fraction of sp³-hybridized carbons (Fsp3) is 0.514. The zero-order valence-electron chi connectivity index (χ0n) is 63.1. The SMILES string of the molecule is CNC(=O)c1ccc(C)c(Nc2nc(N(C)CC(C)(C)C)nc(N[C@@H]3CCNC3)c2C#N)c1.CNC(=O)c1ccc(C)c(Nc2nc(N[C@@H]3CCNC3)c(C#N)c(N(C)CC(C)(C)C)n2)c1.CONC(=O)c1ccc(C)c(Nc2nc(N(C)CC(C)(C)C)nc(N3CCCN(C)CC3)c2C#N)c1.[HH].[HH].[HH]. The largest absolute Gasteiger partial charge is 0.365 e. The molecule has 0 spiro atoms. The Morgan fingerprint density at radius 1 is 0.559 bits per heavy atom. The van der Waals surface area contributed by atoms with E-state index < -0.39 is 0 Å². The fourth-order valence-corrected chi connectivity index (χ4v) is 12.0. The summed E-state index contributed by atoms with van der Waals surface area (Å²) in [5.74, 6) is 3.80. The lowest BCUT2D eigenvalue weighted by molar-refractivity contribution is 0.0537. The Balaban J connectivity index is 0.000000329. The van der Waals surface area contributed by atoms with Gasteiger partial charge in [-0.3, -0.25) is 19.2 Å². The van der Waals surface area contributed by atoms with Gasteiger partial charge < -0.3 is 72.4 Å². The molecule has 3 saturated heterocycles. The summed E-state index contributed by atoms with van der Waals surface area (Å²) in [7, 11) is 12.6. The standard InChI is InChI=1S/C26H38N8O2.2C24H34N8O.3H2/c1-18-9-10-19(24(35)31-36-7)15-21(18)28-22-20(16-27)23(34-12-8-11-32(5)13-14-34)30-25(29-22)33(6)17-26(2,3)4;1-15-7-8-16(22(33)26-5)11-19(15)29-23-30-20(28-17-9-10-27-13-17)18(12-25)21(31-23)32(6)14-24(2,3)4;1-15-7-8-16(22(33)26-5)11-19(15)29-21-18(12-25)20(28-17-9-10-27-13-17)30-23(31-21)32(6)14-24(2,3)4;;;/h9-10,15H,8,11-14,17H2,1-7H3,(H,31,35)(H,28,29,30);2*7-8,11,17,27H,9-10,13-14H2,1-6H3,(H,26,33)(H2,28,29,30,31);3*1H/t;2*17-;;;/m.11.../s1. The molecule has 3 fully saturated rings. The van der Waals surface area contributed by atoms with E-state index in [0.717, 1.165) is 107 Å². The number of hydroxylamine groups is 1. The van der Waals surface area contributed by atoms with Crippen molar-refractivity contribution >= 4 is 87.5 Å². The van der Waals surface area contributed by atoms with Gasteiger partial charge in [-0.15, -0.1) is 0 Å². The molecule has 28 nitrogen and oxygen atoms in total. The van der Waals surface area contributed by atoms with E-state index in [4.69, 9.17) is 29.8 Å². The second-order valence-corrected chi connectivity index (χ2v) is 29.9. The van der Waals surface area contributed by atoms with E-state index in [9.17, 15) is 30.2 Å². The molecule has 3 aromatic carbocycles. The van der Waals surface area contributed by atoms with E-state index in [1.807, 2.05) is 74.8 Å². The molecule has 3 aliphatic rings. The van der Waals surface area contributed by atoms with Crippen LogP contribution in [0.2, 0.25) is 0 Å². The molecule has 3 aromatic heterocycles. The minimum atomic E-state index is -0.358. The number of nitriles is 3. The van der Waals surface area contributed by atoms with Crippen molar-refractivity contribution in [3.05, 3.63) is 105 Å². The molecule has 6 aromatic rings. The van der Waals surface area contributed by atoms with Crippen molar-refractivity contribution < 1.29 is 23.5 Å². The minimum absolute atomic E-state index is 0.